The molecule has 2 aromatic heterocycles. The summed E-state index contributed by atoms with van der Waals surface area (Å²) in [5.74, 6) is 0. The number of imidazole rings is 1. The second kappa shape index (κ2) is 8.12. The van der Waals surface area contributed by atoms with E-state index >= 15 is 0 Å². The number of nitrogens with zero attached hydrogens (tertiary/aromatic N) is 4. The summed E-state index contributed by atoms with van der Waals surface area (Å²) >= 11 is 6.50. The fraction of sp³-hybridized carbons (Fsp3) is 0.360. The third-order valence-electron chi connectivity index (χ3n) is 6.76. The Kier molecular flexibility index (Phi) is 5.42. The highest BCUT2D eigenvalue weighted by molar-refractivity contribution is 6.30. The lowest BCUT2D eigenvalue weighted by molar-refractivity contribution is 0.117. The zero-order valence-corrected chi connectivity index (χ0v) is 19.4. The molecule has 0 bridgehead atoms. The molecule has 7 heteroatoms. The van der Waals surface area contributed by atoms with Gasteiger partial charge in [0.1, 0.15) is 5.60 Å². The molecule has 0 amide bonds. The van der Waals surface area contributed by atoms with Crippen LogP contribution in [-0.4, -0.2) is 50.7 Å². The van der Waals surface area contributed by atoms with Gasteiger partial charge < -0.3 is 15.0 Å². The van der Waals surface area contributed by atoms with Crippen LogP contribution in [0, 0.1) is 6.92 Å². The molecule has 6 nitrogen and oxygen atoms in total. The summed E-state index contributed by atoms with van der Waals surface area (Å²) in [4.78, 5) is 11.8. The molecule has 0 radical (unpaired) electrons. The van der Waals surface area contributed by atoms with Crippen molar-refractivity contribution in [2.75, 3.05) is 26.2 Å². The van der Waals surface area contributed by atoms with Gasteiger partial charge in [0.15, 0.2) is 0 Å². The summed E-state index contributed by atoms with van der Waals surface area (Å²) in [6.07, 6.45) is 5.66. The molecule has 1 saturated heterocycles. The summed E-state index contributed by atoms with van der Waals surface area (Å²) in [5.41, 5.74) is 5.09. The zero-order chi connectivity index (χ0) is 22.5. The van der Waals surface area contributed by atoms with Gasteiger partial charge in [0.2, 0.25) is 0 Å². The van der Waals surface area contributed by atoms with Crippen molar-refractivity contribution in [2.45, 2.75) is 25.5 Å². The molecule has 1 aliphatic heterocycles. The summed E-state index contributed by atoms with van der Waals surface area (Å²) in [7, 11) is 1.94. The molecule has 0 saturated carbocycles. The largest absolute Gasteiger partial charge is 0.379 e. The van der Waals surface area contributed by atoms with E-state index in [1.54, 1.807) is 6.33 Å². The Hall–Kier alpha value is -2.51. The Morgan fingerprint density at radius 1 is 1.19 bits per heavy atom. The number of piperazine rings is 1. The number of rotatable bonds is 3. The number of aliphatic hydroxyl groups is 1. The summed E-state index contributed by atoms with van der Waals surface area (Å²) in [5, 5.41) is 16.0. The Morgan fingerprint density at radius 2 is 1.97 bits per heavy atom. The maximum absolute atomic E-state index is 12.0. The van der Waals surface area contributed by atoms with Crippen molar-refractivity contribution in [1.82, 2.24) is 24.8 Å². The maximum Gasteiger partial charge on any atom is 0.131 e. The van der Waals surface area contributed by atoms with Gasteiger partial charge in [0.05, 0.1) is 23.8 Å². The molecule has 1 aromatic carbocycles. The van der Waals surface area contributed by atoms with Gasteiger partial charge in [0.25, 0.3) is 0 Å². The normalized spacial score (nSPS) is 20.7. The minimum atomic E-state index is -1.31. The third kappa shape index (κ3) is 3.48. The van der Waals surface area contributed by atoms with E-state index in [-0.39, 0.29) is 6.04 Å². The Bertz CT molecular complexity index is 1190. The van der Waals surface area contributed by atoms with Crippen molar-refractivity contribution in [3.63, 3.8) is 0 Å². The van der Waals surface area contributed by atoms with Gasteiger partial charge in [-0.15, -0.1) is 0 Å². The van der Waals surface area contributed by atoms with Crippen LogP contribution in [0.25, 0.3) is 11.6 Å². The highest BCUT2D eigenvalue weighted by atomic mass is 35.5. The lowest BCUT2D eigenvalue weighted by Crippen LogP contribution is -2.45. The van der Waals surface area contributed by atoms with Crippen LogP contribution in [0.3, 0.4) is 0 Å². The van der Waals surface area contributed by atoms with Crippen LogP contribution in [-0.2, 0) is 12.6 Å². The quantitative estimate of drug-likeness (QED) is 0.640. The van der Waals surface area contributed by atoms with Gasteiger partial charge in [-0.2, -0.15) is 0 Å². The maximum atomic E-state index is 12.0. The first kappa shape index (κ1) is 21.3. The monoisotopic (exact) mass is 449 g/mol. The van der Waals surface area contributed by atoms with Crippen LogP contribution in [0.15, 0.2) is 42.9 Å². The van der Waals surface area contributed by atoms with E-state index in [1.807, 2.05) is 49.9 Å². The van der Waals surface area contributed by atoms with Crippen LogP contribution in [0.1, 0.15) is 46.7 Å². The molecule has 32 heavy (non-hydrogen) atoms. The van der Waals surface area contributed by atoms with Crippen molar-refractivity contribution < 1.29 is 5.11 Å². The minimum absolute atomic E-state index is 0.0186. The molecule has 166 valence electrons. The highest BCUT2D eigenvalue weighted by Gasteiger charge is 2.39. The van der Waals surface area contributed by atoms with Gasteiger partial charge >= 0.3 is 0 Å². The number of aromatic nitrogens is 3. The molecule has 3 aromatic rings. The van der Waals surface area contributed by atoms with E-state index in [9.17, 15) is 5.11 Å². The lowest BCUT2D eigenvalue weighted by atomic mass is 9.83. The van der Waals surface area contributed by atoms with Crippen LogP contribution in [0.2, 0.25) is 5.02 Å². The number of fused-ring (bicyclic) bond motifs is 2. The highest BCUT2D eigenvalue weighted by Crippen LogP contribution is 2.46. The predicted octanol–water partition coefficient (Wildman–Crippen LogP) is 3.53. The fourth-order valence-electron chi connectivity index (χ4n) is 4.97. The van der Waals surface area contributed by atoms with Crippen molar-refractivity contribution >= 4 is 23.3 Å². The predicted molar refractivity (Wildman–Crippen MR) is 127 cm³/mol. The first-order chi connectivity index (χ1) is 15.4. The number of benzene rings is 1. The summed E-state index contributed by atoms with van der Waals surface area (Å²) < 4.78 is 1.93. The first-order valence-electron chi connectivity index (χ1n) is 11.0. The van der Waals surface area contributed by atoms with Crippen LogP contribution in [0.5, 0.6) is 0 Å². The Labute approximate surface area is 193 Å². The molecule has 3 heterocycles. The van der Waals surface area contributed by atoms with Crippen molar-refractivity contribution in [1.29, 1.82) is 0 Å². The molecular formula is C25H28ClN5O. The molecule has 5 rings (SSSR count). The van der Waals surface area contributed by atoms with Gasteiger partial charge in [-0.3, -0.25) is 9.88 Å². The van der Waals surface area contributed by atoms with Gasteiger partial charge in [-0.25, -0.2) is 4.98 Å². The van der Waals surface area contributed by atoms with Crippen molar-refractivity contribution in [3.05, 3.63) is 81.7 Å². The van der Waals surface area contributed by atoms with Gasteiger partial charge in [-0.05, 0) is 60.4 Å². The molecular weight excluding hydrogens is 422 g/mol. The molecule has 2 N–H and O–H groups in total. The Balaban J connectivity index is 1.77. The van der Waals surface area contributed by atoms with E-state index in [2.05, 4.69) is 33.4 Å². The van der Waals surface area contributed by atoms with Crippen LogP contribution < -0.4 is 5.32 Å². The average molecular weight is 450 g/mol. The van der Waals surface area contributed by atoms with E-state index < -0.39 is 5.60 Å². The molecule has 1 fully saturated rings. The van der Waals surface area contributed by atoms with E-state index in [0.29, 0.717) is 10.7 Å². The second-order valence-corrected chi connectivity index (χ2v) is 9.25. The SMILES string of the molecule is Cc1c(C(C)(O)C2=Cc3cccnc3[C@@H](N3CCNCC3)c3ccc(Cl)cc32)ncn1C. The molecule has 2 aliphatic rings. The second-order valence-electron chi connectivity index (χ2n) is 8.82. The molecule has 1 aliphatic carbocycles. The van der Waals surface area contributed by atoms with Gasteiger partial charge in [-0.1, -0.05) is 23.7 Å². The molecule has 2 atom stereocenters. The van der Waals surface area contributed by atoms with E-state index in [0.717, 1.165) is 59.8 Å². The van der Waals surface area contributed by atoms with E-state index in [1.165, 1.54) is 0 Å². The molecule has 0 spiro atoms. The third-order valence-corrected chi connectivity index (χ3v) is 7.00. The van der Waals surface area contributed by atoms with E-state index in [4.69, 9.17) is 16.6 Å². The van der Waals surface area contributed by atoms with Crippen molar-refractivity contribution in [3.8, 4) is 0 Å². The number of halogens is 1. The average Bonchev–Trinajstić information content (AvgIpc) is 3.05. The number of aryl methyl sites for hydroxylation is 1. The lowest BCUT2D eigenvalue weighted by Gasteiger charge is -2.36. The van der Waals surface area contributed by atoms with Crippen LogP contribution >= 0.6 is 11.6 Å². The first-order valence-corrected chi connectivity index (χ1v) is 11.4. The summed E-state index contributed by atoms with van der Waals surface area (Å²) in [6, 6.07) is 9.99. The summed E-state index contributed by atoms with van der Waals surface area (Å²) in [6.45, 7) is 7.52. The number of hydrogen-bond donors (Lipinski definition) is 2. The minimum Gasteiger partial charge on any atom is -0.379 e. The topological polar surface area (TPSA) is 66.2 Å². The number of pyridine rings is 1. The van der Waals surface area contributed by atoms with Crippen LogP contribution in [0.4, 0.5) is 0 Å². The molecule has 1 unspecified atom stereocenters. The smallest absolute Gasteiger partial charge is 0.131 e. The number of nitrogens with one attached hydrogen (secondary N) is 1. The fourth-order valence-corrected chi connectivity index (χ4v) is 5.14. The Morgan fingerprint density at radius 3 is 2.69 bits per heavy atom. The van der Waals surface area contributed by atoms with Crippen molar-refractivity contribution in [2.24, 2.45) is 7.05 Å². The number of hydrogen-bond acceptors (Lipinski definition) is 5. The zero-order valence-electron chi connectivity index (χ0n) is 18.6. The van der Waals surface area contributed by atoms with Gasteiger partial charge in [0, 0.05) is 50.1 Å². The standard InChI is InChI=1S/C25H28ClN5O/c1-16-24(29-15-30(16)3)25(2,32)21-13-17-5-4-8-28-22(17)23(31-11-9-27-10-12-31)19-7-6-18(26)14-20(19)21/h4-8,13-15,23,27,32H,9-12H2,1-3H3/t23-,25?/m0/s1.